The molecule has 27 heavy (non-hydrogen) atoms. The molecule has 2 rings (SSSR count). The molecule has 0 aliphatic rings. The van der Waals surface area contributed by atoms with Crippen LogP contribution in [-0.2, 0) is 23.0 Å². The number of rotatable bonds is 9. The zero-order chi connectivity index (χ0) is 19.3. The van der Waals surface area contributed by atoms with Gasteiger partial charge < -0.3 is 6.15 Å². The van der Waals surface area contributed by atoms with Gasteiger partial charge in [-0.2, -0.15) is 8.42 Å². The molecule has 0 bridgehead atoms. The molecule has 4 nitrogen and oxygen atoms in total. The summed E-state index contributed by atoms with van der Waals surface area (Å²) in [4.78, 5) is 0.124. The van der Waals surface area contributed by atoms with Crippen LogP contribution in [0.25, 0.3) is 10.8 Å². The van der Waals surface area contributed by atoms with Crippen LogP contribution < -0.4 is 6.15 Å². The van der Waals surface area contributed by atoms with Crippen LogP contribution >= 0.6 is 0 Å². The van der Waals surface area contributed by atoms with Crippen molar-refractivity contribution in [3.8, 4) is 0 Å². The van der Waals surface area contributed by atoms with Gasteiger partial charge in [-0.05, 0) is 54.0 Å². The Hall–Kier alpha value is -1.43. The predicted octanol–water partition coefficient (Wildman–Crippen LogP) is 6.21. The van der Waals surface area contributed by atoms with Crippen LogP contribution in [0.5, 0.6) is 0 Å². The quantitative estimate of drug-likeness (QED) is 0.496. The van der Waals surface area contributed by atoms with Crippen molar-refractivity contribution in [2.45, 2.75) is 71.1 Å². The molecule has 0 amide bonds. The second kappa shape index (κ2) is 10.2. The van der Waals surface area contributed by atoms with E-state index in [2.05, 4.69) is 33.8 Å². The minimum atomic E-state index is -4.27. The molecule has 0 aromatic heterocycles. The van der Waals surface area contributed by atoms with Crippen LogP contribution in [0.15, 0.2) is 35.2 Å². The summed E-state index contributed by atoms with van der Waals surface area (Å²) in [6, 6.07) is 9.57. The lowest BCUT2D eigenvalue weighted by Crippen LogP contribution is -2.09. The first-order valence-corrected chi connectivity index (χ1v) is 11.1. The number of benzene rings is 2. The first-order chi connectivity index (χ1) is 12.2. The number of aryl methyl sites for hydroxylation is 1. The Morgan fingerprint density at radius 1 is 0.926 bits per heavy atom. The minimum Gasteiger partial charge on any atom is -0.344 e. The van der Waals surface area contributed by atoms with Gasteiger partial charge in [0.15, 0.2) is 0 Å². The zero-order valence-corrected chi connectivity index (χ0v) is 18.0. The highest BCUT2D eigenvalue weighted by atomic mass is 32.2. The van der Waals surface area contributed by atoms with Crippen molar-refractivity contribution in [2.75, 3.05) is 0 Å². The molecular weight excluding hydrogens is 358 g/mol. The third-order valence-electron chi connectivity index (χ3n) is 4.89. The van der Waals surface area contributed by atoms with Crippen LogP contribution in [0.2, 0.25) is 0 Å². The van der Waals surface area contributed by atoms with Gasteiger partial charge >= 0.3 is 0 Å². The summed E-state index contributed by atoms with van der Waals surface area (Å²) in [6.45, 7) is 8.75. The Kier molecular flexibility index (Phi) is 8.92. The van der Waals surface area contributed by atoms with Crippen molar-refractivity contribution in [1.82, 2.24) is 6.15 Å². The van der Waals surface area contributed by atoms with E-state index >= 15 is 0 Å². The van der Waals surface area contributed by atoms with Gasteiger partial charge in [-0.25, -0.2) is 0 Å². The van der Waals surface area contributed by atoms with Crippen LogP contribution in [0, 0.1) is 11.8 Å². The van der Waals surface area contributed by atoms with E-state index in [0.717, 1.165) is 48.6 Å². The minimum absolute atomic E-state index is 0. The van der Waals surface area contributed by atoms with Gasteiger partial charge in [-0.3, -0.25) is 4.55 Å². The summed E-state index contributed by atoms with van der Waals surface area (Å²) in [6.07, 6.45) is 5.65. The first kappa shape index (κ1) is 23.6. The van der Waals surface area contributed by atoms with E-state index in [1.54, 1.807) is 6.07 Å². The van der Waals surface area contributed by atoms with E-state index in [1.807, 2.05) is 18.2 Å². The Morgan fingerprint density at radius 2 is 1.48 bits per heavy atom. The van der Waals surface area contributed by atoms with Gasteiger partial charge in [0.2, 0.25) is 0 Å². The molecule has 2 aromatic carbocycles. The van der Waals surface area contributed by atoms with E-state index in [4.69, 9.17) is 0 Å². The Morgan fingerprint density at radius 3 is 2.04 bits per heavy atom. The second-order valence-electron chi connectivity index (χ2n) is 8.11. The maximum absolute atomic E-state index is 12.3. The molecule has 0 atom stereocenters. The highest BCUT2D eigenvalue weighted by Crippen LogP contribution is 2.32. The average Bonchev–Trinajstić information content (AvgIpc) is 2.53. The molecular formula is C22H35NO3S. The molecule has 0 saturated heterocycles. The van der Waals surface area contributed by atoms with Crippen molar-refractivity contribution in [3.63, 3.8) is 0 Å². The lowest BCUT2D eigenvalue weighted by atomic mass is 9.92. The summed E-state index contributed by atoms with van der Waals surface area (Å²) in [5.74, 6) is 1.20. The average molecular weight is 394 g/mol. The van der Waals surface area contributed by atoms with Crippen molar-refractivity contribution in [3.05, 3.63) is 41.5 Å². The molecule has 152 valence electrons. The van der Waals surface area contributed by atoms with Gasteiger partial charge in [0.1, 0.15) is 4.90 Å². The van der Waals surface area contributed by atoms with Crippen LogP contribution in [-0.4, -0.2) is 13.0 Å². The van der Waals surface area contributed by atoms with Crippen LogP contribution in [0.3, 0.4) is 0 Å². The van der Waals surface area contributed by atoms with E-state index < -0.39 is 10.1 Å². The van der Waals surface area contributed by atoms with Gasteiger partial charge in [-0.15, -0.1) is 0 Å². The lowest BCUT2D eigenvalue weighted by molar-refractivity contribution is 0.482. The van der Waals surface area contributed by atoms with Crippen molar-refractivity contribution in [2.24, 2.45) is 11.8 Å². The summed E-state index contributed by atoms with van der Waals surface area (Å²) in [5.41, 5.74) is 1.89. The Labute approximate surface area is 164 Å². The van der Waals surface area contributed by atoms with E-state index in [0.29, 0.717) is 23.6 Å². The van der Waals surface area contributed by atoms with Crippen molar-refractivity contribution in [1.29, 1.82) is 0 Å². The predicted molar refractivity (Wildman–Crippen MR) is 114 cm³/mol. The molecule has 0 spiro atoms. The number of hydrogen-bond donors (Lipinski definition) is 2. The number of fused-ring (bicyclic) bond motifs is 1. The second-order valence-corrected chi connectivity index (χ2v) is 9.47. The smallest absolute Gasteiger partial charge is 0.295 e. The molecule has 4 N–H and O–H groups in total. The molecule has 0 aliphatic heterocycles. The van der Waals surface area contributed by atoms with Gasteiger partial charge in [-0.1, -0.05) is 70.9 Å². The SMILES string of the molecule is CC(C)CCCc1cc2ccccc2c(S(=O)(=O)O)c1CCCC(C)C.N. The zero-order valence-electron chi connectivity index (χ0n) is 17.2. The fourth-order valence-corrected chi connectivity index (χ4v) is 4.60. The topological polar surface area (TPSA) is 89.4 Å². The summed E-state index contributed by atoms with van der Waals surface area (Å²) >= 11 is 0. The van der Waals surface area contributed by atoms with Crippen molar-refractivity contribution >= 4 is 20.9 Å². The number of hydrogen-bond acceptors (Lipinski definition) is 3. The molecule has 0 unspecified atom stereocenters. The molecule has 5 heteroatoms. The van der Waals surface area contributed by atoms with Gasteiger partial charge in [0.25, 0.3) is 10.1 Å². The van der Waals surface area contributed by atoms with E-state index in [1.165, 1.54) is 0 Å². The molecule has 0 saturated carbocycles. The molecule has 2 aromatic rings. The third kappa shape index (κ3) is 6.59. The first-order valence-electron chi connectivity index (χ1n) is 9.71. The molecule has 0 heterocycles. The standard InChI is InChI=1S/C22H32O3S.H3N/c1-16(2)9-7-12-19-15-18-11-5-6-13-20(18)22(26(23,24)25)21(19)14-8-10-17(3)4;/h5-6,11,13,15-17H,7-10,12,14H2,1-4H3,(H,23,24,25);1H3. The summed E-state index contributed by atoms with van der Waals surface area (Å²) < 4.78 is 34.5. The van der Waals surface area contributed by atoms with E-state index in [9.17, 15) is 13.0 Å². The normalized spacial score (nSPS) is 12.0. The largest absolute Gasteiger partial charge is 0.344 e. The van der Waals surface area contributed by atoms with Crippen molar-refractivity contribution < 1.29 is 13.0 Å². The van der Waals surface area contributed by atoms with E-state index in [-0.39, 0.29) is 11.0 Å². The van der Waals surface area contributed by atoms with Gasteiger partial charge in [0.05, 0.1) is 0 Å². The highest BCUT2D eigenvalue weighted by molar-refractivity contribution is 7.86. The monoisotopic (exact) mass is 393 g/mol. The lowest BCUT2D eigenvalue weighted by Gasteiger charge is -2.17. The maximum atomic E-state index is 12.3. The highest BCUT2D eigenvalue weighted by Gasteiger charge is 2.22. The fraction of sp³-hybridized carbons (Fsp3) is 0.545. The maximum Gasteiger partial charge on any atom is 0.295 e. The molecule has 0 aliphatic carbocycles. The van der Waals surface area contributed by atoms with Crippen LogP contribution in [0.4, 0.5) is 0 Å². The summed E-state index contributed by atoms with van der Waals surface area (Å²) in [7, 11) is -4.27. The molecule has 0 radical (unpaired) electrons. The Bertz CT molecular complexity index is 842. The summed E-state index contributed by atoms with van der Waals surface area (Å²) in [5, 5.41) is 1.51. The third-order valence-corrected chi connectivity index (χ3v) is 5.87. The Balaban J connectivity index is 0.00000364. The molecule has 0 fully saturated rings. The fourth-order valence-electron chi connectivity index (χ4n) is 3.59. The van der Waals surface area contributed by atoms with Gasteiger partial charge in [0, 0.05) is 5.39 Å². The van der Waals surface area contributed by atoms with Crippen LogP contribution in [0.1, 0.15) is 64.5 Å².